The minimum absolute atomic E-state index is 0.216. The molecule has 0 amide bonds. The van der Waals surface area contributed by atoms with E-state index < -0.39 is 35.7 Å². The number of rotatable bonds is 4. The van der Waals surface area contributed by atoms with Gasteiger partial charge in [0.25, 0.3) is 5.92 Å². The smallest absolute Gasteiger partial charge is 0.305 e. The summed E-state index contributed by atoms with van der Waals surface area (Å²) in [6.45, 7) is 0.673. The second-order valence-electron chi connectivity index (χ2n) is 3.83. The Kier molecular flexibility index (Phi) is 3.77. The Hall–Kier alpha value is -1.56. The number of halogens is 3. The van der Waals surface area contributed by atoms with Crippen LogP contribution < -0.4 is 5.73 Å². The maximum absolute atomic E-state index is 13.3. The van der Waals surface area contributed by atoms with Gasteiger partial charge in [-0.05, 0) is 12.1 Å². The lowest BCUT2D eigenvalue weighted by Crippen LogP contribution is -2.18. The maximum Gasteiger partial charge on any atom is 0.305 e. The van der Waals surface area contributed by atoms with Gasteiger partial charge in [-0.1, -0.05) is 6.07 Å². The van der Waals surface area contributed by atoms with E-state index in [1.54, 1.807) is 0 Å². The standard InChI is InChI=1S/C11H12F3NO2/c1-11(13,14)6-2-3-8(12)7(4-6)9(15)5-10(16)17/h2-4,9H,5,15H2,1H3,(H,16,17). The molecule has 0 spiro atoms. The summed E-state index contributed by atoms with van der Waals surface area (Å²) in [6, 6.07) is 1.58. The lowest BCUT2D eigenvalue weighted by Gasteiger charge is -2.15. The lowest BCUT2D eigenvalue weighted by molar-refractivity contribution is -0.137. The Morgan fingerprint density at radius 2 is 2.12 bits per heavy atom. The molecular weight excluding hydrogens is 235 g/mol. The quantitative estimate of drug-likeness (QED) is 0.858. The van der Waals surface area contributed by atoms with E-state index in [1.165, 1.54) is 0 Å². The molecule has 94 valence electrons. The van der Waals surface area contributed by atoms with Gasteiger partial charge in [-0.2, -0.15) is 0 Å². The number of hydrogen-bond donors (Lipinski definition) is 2. The molecule has 1 aromatic carbocycles. The fourth-order valence-electron chi connectivity index (χ4n) is 1.40. The molecule has 0 saturated carbocycles. The van der Waals surface area contributed by atoms with Gasteiger partial charge in [0.1, 0.15) is 5.82 Å². The SMILES string of the molecule is CC(F)(F)c1ccc(F)c(C(N)CC(=O)O)c1. The minimum Gasteiger partial charge on any atom is -0.481 e. The van der Waals surface area contributed by atoms with Gasteiger partial charge in [-0.15, -0.1) is 0 Å². The molecule has 17 heavy (non-hydrogen) atoms. The first-order valence-electron chi connectivity index (χ1n) is 4.87. The Morgan fingerprint density at radius 3 is 2.59 bits per heavy atom. The van der Waals surface area contributed by atoms with Crippen molar-refractivity contribution in [3.63, 3.8) is 0 Å². The van der Waals surface area contributed by atoms with Crippen LogP contribution in [0.2, 0.25) is 0 Å². The number of carboxylic acids is 1. The molecule has 0 aliphatic heterocycles. The van der Waals surface area contributed by atoms with Crippen molar-refractivity contribution in [2.75, 3.05) is 0 Å². The monoisotopic (exact) mass is 247 g/mol. The summed E-state index contributed by atoms with van der Waals surface area (Å²) in [6.07, 6.45) is -0.518. The highest BCUT2D eigenvalue weighted by molar-refractivity contribution is 5.67. The summed E-state index contributed by atoms with van der Waals surface area (Å²) in [5.41, 5.74) is 4.83. The average Bonchev–Trinajstić information content (AvgIpc) is 2.15. The summed E-state index contributed by atoms with van der Waals surface area (Å²) in [7, 11) is 0. The maximum atomic E-state index is 13.3. The summed E-state index contributed by atoms with van der Waals surface area (Å²) in [5, 5.41) is 8.51. The van der Waals surface area contributed by atoms with Crippen molar-refractivity contribution in [3.05, 3.63) is 35.1 Å². The fraction of sp³-hybridized carbons (Fsp3) is 0.364. The van der Waals surface area contributed by atoms with Crippen LogP contribution in [0.25, 0.3) is 0 Å². The van der Waals surface area contributed by atoms with E-state index in [0.717, 1.165) is 18.2 Å². The van der Waals surface area contributed by atoms with E-state index in [9.17, 15) is 18.0 Å². The van der Waals surface area contributed by atoms with Gasteiger partial charge in [0.2, 0.25) is 0 Å². The molecular formula is C11H12F3NO2. The van der Waals surface area contributed by atoms with E-state index in [0.29, 0.717) is 6.92 Å². The van der Waals surface area contributed by atoms with Crippen molar-refractivity contribution in [3.8, 4) is 0 Å². The van der Waals surface area contributed by atoms with Crippen LogP contribution in [0.15, 0.2) is 18.2 Å². The number of alkyl halides is 2. The number of hydrogen-bond acceptors (Lipinski definition) is 2. The van der Waals surface area contributed by atoms with Crippen LogP contribution in [0.1, 0.15) is 30.5 Å². The molecule has 1 unspecified atom stereocenters. The molecule has 0 fully saturated rings. The molecule has 0 bridgehead atoms. The molecule has 0 saturated heterocycles. The lowest BCUT2D eigenvalue weighted by atomic mass is 9.99. The van der Waals surface area contributed by atoms with Crippen LogP contribution in [0.5, 0.6) is 0 Å². The first-order valence-corrected chi connectivity index (χ1v) is 4.87. The Balaban J connectivity index is 3.10. The molecule has 6 heteroatoms. The zero-order valence-corrected chi connectivity index (χ0v) is 9.08. The van der Waals surface area contributed by atoms with Crippen molar-refractivity contribution in [1.82, 2.24) is 0 Å². The predicted octanol–water partition coefficient (Wildman–Crippen LogP) is 2.41. The molecule has 1 atom stereocenters. The average molecular weight is 247 g/mol. The highest BCUT2D eigenvalue weighted by Crippen LogP contribution is 2.30. The third kappa shape index (κ3) is 3.45. The van der Waals surface area contributed by atoms with Crippen LogP contribution in [-0.2, 0) is 10.7 Å². The predicted molar refractivity (Wildman–Crippen MR) is 55.1 cm³/mol. The number of nitrogens with two attached hydrogens (primary N) is 1. The molecule has 3 N–H and O–H groups in total. The van der Waals surface area contributed by atoms with Crippen LogP contribution >= 0.6 is 0 Å². The number of benzene rings is 1. The molecule has 3 nitrogen and oxygen atoms in total. The van der Waals surface area contributed by atoms with Crippen molar-refractivity contribution in [2.24, 2.45) is 5.73 Å². The number of carboxylic acid groups (broad SMARTS) is 1. The van der Waals surface area contributed by atoms with Crippen molar-refractivity contribution >= 4 is 5.97 Å². The second-order valence-corrected chi connectivity index (χ2v) is 3.83. The highest BCUT2D eigenvalue weighted by atomic mass is 19.3. The summed E-state index contributed by atoms with van der Waals surface area (Å²) in [5.74, 6) is -5.12. The Bertz CT molecular complexity index is 429. The van der Waals surface area contributed by atoms with Crippen molar-refractivity contribution < 1.29 is 23.1 Å². The topological polar surface area (TPSA) is 63.3 Å². The summed E-state index contributed by atoms with van der Waals surface area (Å²) in [4.78, 5) is 10.4. The van der Waals surface area contributed by atoms with Crippen LogP contribution in [0.3, 0.4) is 0 Å². The first-order chi connectivity index (χ1) is 7.71. The van der Waals surface area contributed by atoms with Crippen LogP contribution in [0, 0.1) is 5.82 Å². The number of carbonyl (C=O) groups is 1. The molecule has 0 aromatic heterocycles. The third-order valence-electron chi connectivity index (χ3n) is 2.30. The fourth-order valence-corrected chi connectivity index (χ4v) is 1.40. The van der Waals surface area contributed by atoms with E-state index in [4.69, 9.17) is 10.8 Å². The minimum atomic E-state index is -3.12. The summed E-state index contributed by atoms with van der Waals surface area (Å²) < 4.78 is 39.4. The third-order valence-corrected chi connectivity index (χ3v) is 2.30. The van der Waals surface area contributed by atoms with Gasteiger partial charge < -0.3 is 10.8 Å². The highest BCUT2D eigenvalue weighted by Gasteiger charge is 2.26. The van der Waals surface area contributed by atoms with E-state index in [-0.39, 0.29) is 5.56 Å². The zero-order chi connectivity index (χ0) is 13.2. The van der Waals surface area contributed by atoms with Gasteiger partial charge in [0.05, 0.1) is 6.42 Å². The van der Waals surface area contributed by atoms with Gasteiger partial charge in [0, 0.05) is 24.1 Å². The largest absolute Gasteiger partial charge is 0.481 e. The van der Waals surface area contributed by atoms with Crippen molar-refractivity contribution in [1.29, 1.82) is 0 Å². The van der Waals surface area contributed by atoms with Gasteiger partial charge in [0.15, 0.2) is 0 Å². The van der Waals surface area contributed by atoms with Gasteiger partial charge in [-0.3, -0.25) is 4.79 Å². The number of aliphatic carboxylic acids is 1. The van der Waals surface area contributed by atoms with E-state index in [2.05, 4.69) is 0 Å². The zero-order valence-electron chi connectivity index (χ0n) is 9.08. The van der Waals surface area contributed by atoms with Gasteiger partial charge in [-0.25, -0.2) is 13.2 Å². The van der Waals surface area contributed by atoms with Crippen molar-refractivity contribution in [2.45, 2.75) is 25.3 Å². The molecule has 0 aliphatic rings. The first kappa shape index (κ1) is 13.5. The molecule has 0 aliphatic carbocycles. The van der Waals surface area contributed by atoms with Crippen LogP contribution in [0.4, 0.5) is 13.2 Å². The summed E-state index contributed by atoms with van der Waals surface area (Å²) >= 11 is 0. The van der Waals surface area contributed by atoms with E-state index >= 15 is 0 Å². The Morgan fingerprint density at radius 1 is 1.53 bits per heavy atom. The van der Waals surface area contributed by atoms with E-state index in [1.807, 2.05) is 0 Å². The molecule has 1 aromatic rings. The normalized spacial score (nSPS) is 13.5. The molecule has 0 heterocycles. The second kappa shape index (κ2) is 4.75. The molecule has 1 rings (SSSR count). The van der Waals surface area contributed by atoms with Crippen LogP contribution in [-0.4, -0.2) is 11.1 Å². The Labute approximate surface area is 96.0 Å². The molecule has 0 radical (unpaired) electrons. The van der Waals surface area contributed by atoms with Gasteiger partial charge >= 0.3 is 5.97 Å².